The lowest BCUT2D eigenvalue weighted by Crippen LogP contribution is -2.08. The SMILES string of the molecule is [C-]#[N+]c1cnc2ccc(-c3c(-c4ccc(F)cc4)ncn3C(CC)CC)cn12. The first-order chi connectivity index (χ1) is 13.7. The molecule has 0 amide bonds. The topological polar surface area (TPSA) is 39.5 Å². The van der Waals surface area contributed by atoms with Crippen molar-refractivity contribution in [3.8, 4) is 22.5 Å². The highest BCUT2D eigenvalue weighted by Gasteiger charge is 2.20. The molecule has 3 aromatic heterocycles. The van der Waals surface area contributed by atoms with Gasteiger partial charge in [0, 0.05) is 23.2 Å². The molecule has 0 atom stereocenters. The molecule has 1 aromatic carbocycles. The minimum absolute atomic E-state index is 0.272. The molecule has 3 heterocycles. The third-order valence-electron chi connectivity index (χ3n) is 5.12. The molecule has 0 unspecified atom stereocenters. The molecule has 6 heteroatoms. The Labute approximate surface area is 162 Å². The van der Waals surface area contributed by atoms with E-state index < -0.39 is 0 Å². The molecule has 0 saturated carbocycles. The highest BCUT2D eigenvalue weighted by atomic mass is 19.1. The number of halogens is 1. The zero-order valence-corrected chi connectivity index (χ0v) is 15.8. The van der Waals surface area contributed by atoms with E-state index in [1.54, 1.807) is 22.7 Å². The van der Waals surface area contributed by atoms with Gasteiger partial charge in [0.15, 0.2) is 0 Å². The summed E-state index contributed by atoms with van der Waals surface area (Å²) in [6.07, 6.45) is 7.32. The smallest absolute Gasteiger partial charge is 0.254 e. The molecule has 28 heavy (non-hydrogen) atoms. The van der Waals surface area contributed by atoms with E-state index in [-0.39, 0.29) is 5.82 Å². The minimum Gasteiger partial charge on any atom is -0.362 e. The Kier molecular flexibility index (Phi) is 4.66. The Hall–Kier alpha value is -3.46. The fourth-order valence-corrected chi connectivity index (χ4v) is 3.62. The van der Waals surface area contributed by atoms with Crippen LogP contribution in [-0.4, -0.2) is 18.9 Å². The van der Waals surface area contributed by atoms with Crippen LogP contribution in [0.3, 0.4) is 0 Å². The van der Waals surface area contributed by atoms with Gasteiger partial charge < -0.3 is 9.41 Å². The summed E-state index contributed by atoms with van der Waals surface area (Å²) in [4.78, 5) is 12.5. The van der Waals surface area contributed by atoms with Gasteiger partial charge in [0.25, 0.3) is 5.82 Å². The van der Waals surface area contributed by atoms with Gasteiger partial charge in [-0.3, -0.25) is 0 Å². The molecule has 0 N–H and O–H groups in total. The monoisotopic (exact) mass is 373 g/mol. The predicted molar refractivity (Wildman–Crippen MR) is 108 cm³/mol. The number of hydrogen-bond donors (Lipinski definition) is 0. The summed E-state index contributed by atoms with van der Waals surface area (Å²) in [6.45, 7) is 11.7. The molecular weight excluding hydrogens is 353 g/mol. The van der Waals surface area contributed by atoms with E-state index in [0.717, 1.165) is 41.0 Å². The van der Waals surface area contributed by atoms with Crippen molar-refractivity contribution in [2.24, 2.45) is 0 Å². The highest BCUT2D eigenvalue weighted by Crippen LogP contribution is 2.35. The number of fused-ring (bicyclic) bond motifs is 1. The van der Waals surface area contributed by atoms with Gasteiger partial charge in [0.1, 0.15) is 5.82 Å². The van der Waals surface area contributed by atoms with Crippen LogP contribution < -0.4 is 0 Å². The summed E-state index contributed by atoms with van der Waals surface area (Å²) in [5.74, 6) is 0.194. The molecule has 4 aromatic rings. The van der Waals surface area contributed by atoms with E-state index in [1.165, 1.54) is 12.1 Å². The maximum atomic E-state index is 13.4. The molecule has 4 rings (SSSR count). The van der Waals surface area contributed by atoms with Crippen molar-refractivity contribution in [1.29, 1.82) is 0 Å². The summed E-state index contributed by atoms with van der Waals surface area (Å²) >= 11 is 0. The first-order valence-electron chi connectivity index (χ1n) is 9.34. The van der Waals surface area contributed by atoms with Gasteiger partial charge in [-0.1, -0.05) is 20.4 Å². The fourth-order valence-electron chi connectivity index (χ4n) is 3.62. The van der Waals surface area contributed by atoms with Gasteiger partial charge in [-0.15, -0.1) is 0 Å². The average molecular weight is 373 g/mol. The average Bonchev–Trinajstić information content (AvgIpc) is 3.33. The van der Waals surface area contributed by atoms with Gasteiger partial charge in [-0.05, 0) is 43.2 Å². The maximum Gasteiger partial charge on any atom is 0.254 e. The Morgan fingerprint density at radius 2 is 1.75 bits per heavy atom. The van der Waals surface area contributed by atoms with Crippen molar-refractivity contribution in [2.75, 3.05) is 0 Å². The molecule has 5 nitrogen and oxygen atoms in total. The van der Waals surface area contributed by atoms with Crippen LogP contribution in [-0.2, 0) is 0 Å². The Bertz CT molecular complexity index is 1160. The van der Waals surface area contributed by atoms with Crippen molar-refractivity contribution in [3.63, 3.8) is 0 Å². The normalized spacial score (nSPS) is 11.2. The zero-order valence-electron chi connectivity index (χ0n) is 15.8. The van der Waals surface area contributed by atoms with Crippen molar-refractivity contribution in [1.82, 2.24) is 18.9 Å². The lowest BCUT2D eigenvalue weighted by atomic mass is 10.0. The molecule has 0 aliphatic heterocycles. The van der Waals surface area contributed by atoms with Crippen LogP contribution >= 0.6 is 0 Å². The number of benzene rings is 1. The van der Waals surface area contributed by atoms with Crippen molar-refractivity contribution < 1.29 is 4.39 Å². The quantitative estimate of drug-likeness (QED) is 0.408. The molecule has 140 valence electrons. The van der Waals surface area contributed by atoms with Crippen molar-refractivity contribution in [3.05, 3.63) is 72.4 Å². The lowest BCUT2D eigenvalue weighted by Gasteiger charge is -2.18. The van der Waals surface area contributed by atoms with Gasteiger partial charge in [0.2, 0.25) is 5.65 Å². The van der Waals surface area contributed by atoms with E-state index >= 15 is 0 Å². The number of imidazole rings is 2. The van der Waals surface area contributed by atoms with E-state index in [9.17, 15) is 4.39 Å². The third-order valence-corrected chi connectivity index (χ3v) is 5.12. The van der Waals surface area contributed by atoms with E-state index in [2.05, 4.69) is 33.2 Å². The van der Waals surface area contributed by atoms with E-state index in [1.807, 2.05) is 24.7 Å². The van der Waals surface area contributed by atoms with Crippen LogP contribution in [0.1, 0.15) is 32.7 Å². The molecule has 0 fully saturated rings. The van der Waals surface area contributed by atoms with Crippen LogP contribution in [0.25, 0.3) is 33.0 Å². The Morgan fingerprint density at radius 3 is 2.43 bits per heavy atom. The van der Waals surface area contributed by atoms with Crippen LogP contribution in [0.5, 0.6) is 0 Å². The van der Waals surface area contributed by atoms with Gasteiger partial charge in [-0.2, -0.15) is 0 Å². The summed E-state index contributed by atoms with van der Waals surface area (Å²) in [6, 6.07) is 10.6. The molecule has 0 spiro atoms. The standard InChI is InChI=1S/C22H20FN5/c1-4-18(5-2)28-14-26-21(15-6-9-17(23)10-7-15)22(28)16-8-11-19-25-12-20(24-3)27(19)13-16/h6-14,18H,4-5H2,1-2H3. The second-order valence-corrected chi connectivity index (χ2v) is 6.70. The fraction of sp³-hybridized carbons (Fsp3) is 0.227. The first-order valence-corrected chi connectivity index (χ1v) is 9.34. The summed E-state index contributed by atoms with van der Waals surface area (Å²) in [7, 11) is 0. The Morgan fingerprint density at radius 1 is 1.04 bits per heavy atom. The number of rotatable bonds is 5. The largest absolute Gasteiger partial charge is 0.362 e. The summed E-state index contributed by atoms with van der Waals surface area (Å²) < 4.78 is 17.4. The van der Waals surface area contributed by atoms with E-state index in [4.69, 9.17) is 6.57 Å². The zero-order chi connectivity index (χ0) is 19.7. The van der Waals surface area contributed by atoms with Gasteiger partial charge in [-0.25, -0.2) is 18.8 Å². The number of aromatic nitrogens is 4. The molecule has 0 saturated heterocycles. The van der Waals surface area contributed by atoms with Crippen molar-refractivity contribution in [2.45, 2.75) is 32.7 Å². The van der Waals surface area contributed by atoms with Crippen LogP contribution in [0.2, 0.25) is 0 Å². The molecule has 0 radical (unpaired) electrons. The number of hydrogen-bond acceptors (Lipinski definition) is 2. The third kappa shape index (κ3) is 2.95. The Balaban J connectivity index is 1.96. The first kappa shape index (κ1) is 17.9. The van der Waals surface area contributed by atoms with Gasteiger partial charge in [0.05, 0.1) is 30.1 Å². The lowest BCUT2D eigenvalue weighted by molar-refractivity contribution is 0.475. The summed E-state index contributed by atoms with van der Waals surface area (Å²) in [5.41, 5.74) is 4.30. The maximum absolute atomic E-state index is 13.4. The predicted octanol–water partition coefficient (Wildman–Crippen LogP) is 5.92. The molecule has 0 aliphatic rings. The van der Waals surface area contributed by atoms with Crippen LogP contribution in [0.4, 0.5) is 10.2 Å². The number of pyridine rings is 1. The second kappa shape index (κ2) is 7.28. The van der Waals surface area contributed by atoms with Gasteiger partial charge >= 0.3 is 0 Å². The second-order valence-electron chi connectivity index (χ2n) is 6.70. The van der Waals surface area contributed by atoms with E-state index in [0.29, 0.717) is 11.9 Å². The molecular formula is C22H20FN5. The minimum atomic E-state index is -0.272. The summed E-state index contributed by atoms with van der Waals surface area (Å²) in [5, 5.41) is 0. The molecule has 0 aliphatic carbocycles. The highest BCUT2D eigenvalue weighted by molar-refractivity contribution is 5.79. The van der Waals surface area contributed by atoms with Crippen LogP contribution in [0.15, 0.2) is 55.1 Å². The molecule has 0 bridgehead atoms. The van der Waals surface area contributed by atoms with Crippen LogP contribution in [0, 0.1) is 12.4 Å². The number of nitrogens with zero attached hydrogens (tertiary/aromatic N) is 5. The van der Waals surface area contributed by atoms with Crippen molar-refractivity contribution >= 4 is 11.5 Å².